The second-order valence-corrected chi connectivity index (χ2v) is 6.30. The van der Waals surface area contributed by atoms with Gasteiger partial charge in [0.25, 0.3) is 0 Å². The number of rotatable bonds is 6. The Morgan fingerprint density at radius 1 is 1.07 bits per heavy atom. The average molecular weight is 387 g/mol. The number of nitrogens with one attached hydrogen (secondary N) is 2. The van der Waals surface area contributed by atoms with Crippen molar-refractivity contribution in [1.82, 2.24) is 10.6 Å². The third kappa shape index (κ3) is 4.60. The summed E-state index contributed by atoms with van der Waals surface area (Å²) in [5.74, 6) is 0.158. The van der Waals surface area contributed by atoms with Crippen LogP contribution in [0.2, 0.25) is 5.02 Å². The third-order valence-electron chi connectivity index (χ3n) is 4.03. The molecule has 2 amide bonds. The number of ether oxygens (including phenoxy) is 2. The number of para-hydroxylation sites is 1. The summed E-state index contributed by atoms with van der Waals surface area (Å²) in [6, 6.07) is 15.2. The Balaban J connectivity index is 1.69. The predicted molar refractivity (Wildman–Crippen MR) is 101 cm³/mol. The van der Waals surface area contributed by atoms with Crippen LogP contribution >= 0.6 is 11.6 Å². The summed E-state index contributed by atoms with van der Waals surface area (Å²) in [6.45, 7) is 1.95. The quantitative estimate of drug-likeness (QED) is 0.587. The largest absolute Gasteiger partial charge is 0.490 e. The van der Waals surface area contributed by atoms with Crippen LogP contribution in [-0.2, 0) is 9.53 Å². The smallest absolute Gasteiger partial charge is 0.338 e. The van der Waals surface area contributed by atoms with E-state index in [1.165, 1.54) is 0 Å². The molecule has 0 aliphatic carbocycles. The zero-order valence-corrected chi connectivity index (χ0v) is 15.5. The molecule has 0 radical (unpaired) electrons. The van der Waals surface area contributed by atoms with Crippen LogP contribution in [0.3, 0.4) is 0 Å². The lowest BCUT2D eigenvalue weighted by Crippen LogP contribution is -2.45. The fraction of sp³-hybridized carbons (Fsp3) is 0.200. The maximum absolute atomic E-state index is 12.7. The highest BCUT2D eigenvalue weighted by atomic mass is 35.5. The summed E-state index contributed by atoms with van der Waals surface area (Å²) in [7, 11) is 0. The summed E-state index contributed by atoms with van der Waals surface area (Å²) in [5, 5.41) is 5.78. The molecule has 2 aromatic carbocycles. The van der Waals surface area contributed by atoms with E-state index in [2.05, 4.69) is 10.6 Å². The van der Waals surface area contributed by atoms with Crippen LogP contribution in [0, 0.1) is 0 Å². The number of amides is 2. The molecule has 0 saturated carbocycles. The molecule has 3 rings (SSSR count). The van der Waals surface area contributed by atoms with Crippen molar-refractivity contribution in [1.29, 1.82) is 0 Å². The Kier molecular flexibility index (Phi) is 5.98. The highest BCUT2D eigenvalue weighted by Gasteiger charge is 2.33. The Labute approximate surface area is 162 Å². The van der Waals surface area contributed by atoms with Crippen LogP contribution in [0.25, 0.3) is 0 Å². The van der Waals surface area contributed by atoms with Crippen molar-refractivity contribution in [2.24, 2.45) is 0 Å². The molecule has 0 fully saturated rings. The summed E-state index contributed by atoms with van der Waals surface area (Å²) in [4.78, 5) is 24.5. The van der Waals surface area contributed by atoms with Gasteiger partial charge in [-0.25, -0.2) is 9.59 Å². The minimum Gasteiger partial charge on any atom is -0.490 e. The Morgan fingerprint density at radius 3 is 2.52 bits per heavy atom. The highest BCUT2D eigenvalue weighted by molar-refractivity contribution is 6.31. The van der Waals surface area contributed by atoms with Crippen LogP contribution in [0.15, 0.2) is 65.9 Å². The van der Waals surface area contributed by atoms with E-state index >= 15 is 0 Å². The van der Waals surface area contributed by atoms with Gasteiger partial charge in [0.05, 0.1) is 11.6 Å². The van der Waals surface area contributed by atoms with Crippen molar-refractivity contribution in [2.75, 3.05) is 13.2 Å². The molecule has 7 heteroatoms. The minimum atomic E-state index is -0.685. The van der Waals surface area contributed by atoms with Gasteiger partial charge in [0.15, 0.2) is 0 Å². The molecule has 0 saturated heterocycles. The molecule has 2 N–H and O–H groups in total. The molecule has 140 valence electrons. The number of hydrogen-bond acceptors (Lipinski definition) is 4. The first-order chi connectivity index (χ1) is 13.1. The van der Waals surface area contributed by atoms with Gasteiger partial charge in [-0.05, 0) is 30.7 Å². The number of halogens is 1. The van der Waals surface area contributed by atoms with Crippen molar-refractivity contribution in [3.05, 3.63) is 76.5 Å². The van der Waals surface area contributed by atoms with Crippen LogP contribution < -0.4 is 15.4 Å². The highest BCUT2D eigenvalue weighted by Crippen LogP contribution is 2.31. The van der Waals surface area contributed by atoms with E-state index < -0.39 is 18.0 Å². The van der Waals surface area contributed by atoms with Gasteiger partial charge < -0.3 is 20.1 Å². The first kappa shape index (κ1) is 18.8. The molecule has 0 unspecified atom stereocenters. The molecule has 2 aromatic rings. The van der Waals surface area contributed by atoms with E-state index in [9.17, 15) is 9.59 Å². The van der Waals surface area contributed by atoms with Gasteiger partial charge in [-0.15, -0.1) is 0 Å². The van der Waals surface area contributed by atoms with E-state index in [4.69, 9.17) is 21.1 Å². The Hall–Kier alpha value is -2.99. The lowest BCUT2D eigenvalue weighted by molar-refractivity contribution is -0.140. The number of urea groups is 1. The van der Waals surface area contributed by atoms with Crippen molar-refractivity contribution in [3.63, 3.8) is 0 Å². The number of allylic oxidation sites excluding steroid dienone is 1. The summed E-state index contributed by atoms with van der Waals surface area (Å²) in [5.41, 5.74) is 1.36. The first-order valence-corrected chi connectivity index (χ1v) is 8.81. The molecule has 6 nitrogen and oxygen atoms in total. The van der Waals surface area contributed by atoms with Gasteiger partial charge in [-0.1, -0.05) is 48.0 Å². The molecule has 1 aliphatic heterocycles. The van der Waals surface area contributed by atoms with Gasteiger partial charge in [0, 0.05) is 10.7 Å². The number of carbonyl (C=O) groups is 2. The van der Waals surface area contributed by atoms with Gasteiger partial charge in [-0.2, -0.15) is 0 Å². The number of carbonyl (C=O) groups excluding carboxylic acids is 2. The fourth-order valence-electron chi connectivity index (χ4n) is 2.80. The zero-order chi connectivity index (χ0) is 19.2. The Morgan fingerprint density at radius 2 is 1.78 bits per heavy atom. The third-order valence-corrected chi connectivity index (χ3v) is 4.38. The van der Waals surface area contributed by atoms with E-state index in [0.717, 1.165) is 0 Å². The average Bonchev–Trinajstić information content (AvgIpc) is 2.65. The van der Waals surface area contributed by atoms with Crippen molar-refractivity contribution in [2.45, 2.75) is 13.0 Å². The molecule has 27 heavy (non-hydrogen) atoms. The second kappa shape index (κ2) is 8.60. The molecular weight excluding hydrogens is 368 g/mol. The topological polar surface area (TPSA) is 76.7 Å². The number of esters is 1. The molecular formula is C20H19ClN2O4. The minimum absolute atomic E-state index is 0.0771. The molecule has 0 bridgehead atoms. The summed E-state index contributed by atoms with van der Waals surface area (Å²) < 4.78 is 10.9. The van der Waals surface area contributed by atoms with Gasteiger partial charge in [-0.3, -0.25) is 0 Å². The SMILES string of the molecule is CC1=C(C(=O)OCCOc2ccccc2)[C@H](c2ccccc2Cl)NC(=O)N1. The lowest BCUT2D eigenvalue weighted by Gasteiger charge is -2.28. The van der Waals surface area contributed by atoms with Crippen LogP contribution in [0.5, 0.6) is 5.75 Å². The maximum atomic E-state index is 12.7. The molecule has 1 atom stereocenters. The van der Waals surface area contributed by atoms with Gasteiger partial charge >= 0.3 is 12.0 Å². The van der Waals surface area contributed by atoms with Crippen molar-refractivity contribution in [3.8, 4) is 5.75 Å². The summed E-state index contributed by atoms with van der Waals surface area (Å²) >= 11 is 6.25. The number of hydrogen-bond donors (Lipinski definition) is 2. The Bertz CT molecular complexity index is 867. The van der Waals surface area contributed by atoms with Crippen molar-refractivity contribution >= 4 is 23.6 Å². The van der Waals surface area contributed by atoms with Gasteiger partial charge in [0.1, 0.15) is 19.0 Å². The van der Waals surface area contributed by atoms with Crippen LogP contribution in [-0.4, -0.2) is 25.2 Å². The first-order valence-electron chi connectivity index (χ1n) is 8.44. The van der Waals surface area contributed by atoms with Gasteiger partial charge in [0.2, 0.25) is 0 Å². The molecule has 0 aromatic heterocycles. The van der Waals surface area contributed by atoms with E-state index in [1.54, 1.807) is 31.2 Å². The fourth-order valence-corrected chi connectivity index (χ4v) is 3.04. The molecule has 1 heterocycles. The van der Waals surface area contributed by atoms with E-state index in [0.29, 0.717) is 27.6 Å². The zero-order valence-electron chi connectivity index (χ0n) is 14.7. The predicted octanol–water partition coefficient (Wildman–Crippen LogP) is 3.59. The van der Waals surface area contributed by atoms with Crippen LogP contribution in [0.1, 0.15) is 18.5 Å². The van der Waals surface area contributed by atoms with Crippen molar-refractivity contribution < 1.29 is 19.1 Å². The van der Waals surface area contributed by atoms with E-state index in [1.807, 2.05) is 30.3 Å². The standard InChI is InChI=1S/C20H19ClN2O4/c1-13-17(19(24)27-12-11-26-14-7-3-2-4-8-14)18(23-20(25)22-13)15-9-5-6-10-16(15)21/h2-10,18H,11-12H2,1H3,(H2,22,23,25)/t18-/m0/s1. The normalized spacial score (nSPS) is 16.4. The molecule has 1 aliphatic rings. The monoisotopic (exact) mass is 386 g/mol. The van der Waals surface area contributed by atoms with E-state index in [-0.39, 0.29) is 13.2 Å². The summed E-state index contributed by atoms with van der Waals surface area (Å²) in [6.07, 6.45) is 0. The maximum Gasteiger partial charge on any atom is 0.338 e. The second-order valence-electron chi connectivity index (χ2n) is 5.89. The van der Waals surface area contributed by atoms with Crippen LogP contribution in [0.4, 0.5) is 4.79 Å². The molecule has 0 spiro atoms. The lowest BCUT2D eigenvalue weighted by atomic mass is 9.95. The number of benzene rings is 2.